The highest BCUT2D eigenvalue weighted by atomic mass is 35.5. The van der Waals surface area contributed by atoms with Gasteiger partial charge in [-0.2, -0.15) is 0 Å². The lowest BCUT2D eigenvalue weighted by molar-refractivity contribution is -0.133. The number of benzene rings is 2. The van der Waals surface area contributed by atoms with Crippen LogP contribution in [-0.2, 0) is 4.79 Å². The van der Waals surface area contributed by atoms with Gasteiger partial charge in [0.2, 0.25) is 5.91 Å². The van der Waals surface area contributed by atoms with Crippen LogP contribution in [0.2, 0.25) is 5.02 Å². The van der Waals surface area contributed by atoms with Gasteiger partial charge in [-0.1, -0.05) is 44.5 Å². The Morgan fingerprint density at radius 3 is 2.30 bits per heavy atom. The van der Waals surface area contributed by atoms with Gasteiger partial charge in [-0.3, -0.25) is 4.79 Å². The Morgan fingerprint density at radius 2 is 1.63 bits per heavy atom. The van der Waals surface area contributed by atoms with E-state index in [0.717, 1.165) is 35.4 Å². The predicted octanol–water partition coefficient (Wildman–Crippen LogP) is 5.04. The van der Waals surface area contributed by atoms with Crippen molar-refractivity contribution in [3.8, 4) is 11.4 Å². The molecule has 1 aliphatic rings. The normalized spacial score (nSPS) is 14.9. The highest BCUT2D eigenvalue weighted by molar-refractivity contribution is 6.30. The number of rotatable bonds is 3. The van der Waals surface area contributed by atoms with E-state index in [4.69, 9.17) is 21.6 Å². The molecule has 0 saturated carbocycles. The highest BCUT2D eigenvalue weighted by Crippen LogP contribution is 2.29. The number of carbonyl (C=O) groups is 1. The lowest BCUT2D eigenvalue weighted by Crippen LogP contribution is -2.49. The summed E-state index contributed by atoms with van der Waals surface area (Å²) in [6, 6.07) is 15.7. The quantitative estimate of drug-likeness (QED) is 0.593. The number of carbonyl (C=O) groups excluding carboxylic acids is 1. The number of fused-ring (bicyclic) bond motifs is 1. The third-order valence-electron chi connectivity index (χ3n) is 5.30. The lowest BCUT2D eigenvalue weighted by atomic mass is 9.91. The second-order valence-electron chi connectivity index (χ2n) is 9.00. The maximum atomic E-state index is 12.6. The van der Waals surface area contributed by atoms with Crippen molar-refractivity contribution >= 4 is 34.2 Å². The van der Waals surface area contributed by atoms with E-state index in [2.05, 4.69) is 31.7 Å². The van der Waals surface area contributed by atoms with Gasteiger partial charge in [0, 0.05) is 48.6 Å². The summed E-state index contributed by atoms with van der Waals surface area (Å²) in [7, 11) is 0. The predicted molar refractivity (Wildman–Crippen MR) is 123 cm³/mol. The molecule has 0 atom stereocenters. The van der Waals surface area contributed by atoms with Crippen molar-refractivity contribution in [2.24, 2.45) is 5.41 Å². The molecule has 3 aromatic rings. The summed E-state index contributed by atoms with van der Waals surface area (Å²) in [6.07, 6.45) is 0.574. The second kappa shape index (κ2) is 8.23. The fourth-order valence-electron chi connectivity index (χ4n) is 3.76. The van der Waals surface area contributed by atoms with Crippen LogP contribution in [0.4, 0.5) is 5.82 Å². The third kappa shape index (κ3) is 4.57. The molecule has 2 aromatic carbocycles. The molecule has 1 amide bonds. The first-order valence-electron chi connectivity index (χ1n) is 10.4. The molecule has 0 N–H and O–H groups in total. The van der Waals surface area contributed by atoms with Gasteiger partial charge in [-0.15, -0.1) is 0 Å². The third-order valence-corrected chi connectivity index (χ3v) is 5.55. The molecule has 5 nitrogen and oxygen atoms in total. The van der Waals surface area contributed by atoms with Crippen LogP contribution < -0.4 is 4.90 Å². The number of halogens is 1. The number of anilines is 1. The molecule has 1 saturated heterocycles. The van der Waals surface area contributed by atoms with Crippen LogP contribution in [0.3, 0.4) is 0 Å². The summed E-state index contributed by atoms with van der Waals surface area (Å²) in [5.74, 6) is 1.84. The molecule has 2 heterocycles. The topological polar surface area (TPSA) is 49.3 Å². The number of hydrogen-bond acceptors (Lipinski definition) is 4. The molecule has 6 heteroatoms. The summed E-state index contributed by atoms with van der Waals surface area (Å²) in [5, 5.41) is 1.72. The molecule has 30 heavy (non-hydrogen) atoms. The van der Waals surface area contributed by atoms with E-state index in [9.17, 15) is 4.79 Å². The molecule has 0 unspecified atom stereocenters. The van der Waals surface area contributed by atoms with Crippen molar-refractivity contribution in [3.05, 3.63) is 53.6 Å². The van der Waals surface area contributed by atoms with Crippen LogP contribution in [0, 0.1) is 5.41 Å². The minimum absolute atomic E-state index is 0.00452. The van der Waals surface area contributed by atoms with E-state index in [0.29, 0.717) is 30.4 Å². The average molecular weight is 423 g/mol. The maximum Gasteiger partial charge on any atom is 0.223 e. The van der Waals surface area contributed by atoms with Crippen molar-refractivity contribution in [3.63, 3.8) is 0 Å². The summed E-state index contributed by atoms with van der Waals surface area (Å²) < 4.78 is 0. The average Bonchev–Trinajstić information content (AvgIpc) is 2.72. The van der Waals surface area contributed by atoms with Gasteiger partial charge in [0.1, 0.15) is 5.82 Å². The fraction of sp³-hybridized carbons (Fsp3) is 0.375. The zero-order valence-corrected chi connectivity index (χ0v) is 18.5. The van der Waals surface area contributed by atoms with Crippen molar-refractivity contribution in [1.29, 1.82) is 0 Å². The largest absolute Gasteiger partial charge is 0.352 e. The van der Waals surface area contributed by atoms with E-state index in [1.165, 1.54) is 0 Å². The van der Waals surface area contributed by atoms with Crippen molar-refractivity contribution in [2.45, 2.75) is 27.2 Å². The number of hydrogen-bond donors (Lipinski definition) is 0. The molecule has 4 rings (SSSR count). The zero-order chi connectivity index (χ0) is 21.3. The molecule has 0 bridgehead atoms. The van der Waals surface area contributed by atoms with Crippen LogP contribution in [0.1, 0.15) is 27.2 Å². The van der Waals surface area contributed by atoms with Crippen LogP contribution >= 0.6 is 11.6 Å². The molecule has 1 fully saturated rings. The van der Waals surface area contributed by atoms with Crippen LogP contribution in [0.15, 0.2) is 48.5 Å². The van der Waals surface area contributed by atoms with Crippen LogP contribution in [0.25, 0.3) is 22.3 Å². The Labute approximate surface area is 182 Å². The fourth-order valence-corrected chi connectivity index (χ4v) is 3.89. The second-order valence-corrected chi connectivity index (χ2v) is 9.44. The van der Waals surface area contributed by atoms with Gasteiger partial charge in [0.05, 0.1) is 5.52 Å². The van der Waals surface area contributed by atoms with Crippen LogP contribution in [0.5, 0.6) is 0 Å². The standard InChI is InChI=1S/C24H27ClN4O/c1-24(2,3)16-21(30)28-12-14-29(15-13-28)23-19-6-4-5-7-20(19)26-22(27-23)17-8-10-18(25)11-9-17/h4-11H,12-16H2,1-3H3. The van der Waals surface area contributed by atoms with E-state index >= 15 is 0 Å². The summed E-state index contributed by atoms with van der Waals surface area (Å²) in [6.45, 7) is 9.26. The monoisotopic (exact) mass is 422 g/mol. The van der Waals surface area contributed by atoms with Crippen molar-refractivity contribution < 1.29 is 4.79 Å². The van der Waals surface area contributed by atoms with E-state index in [1.54, 1.807) is 0 Å². The molecule has 1 aromatic heterocycles. The Hall–Kier alpha value is -2.66. The molecular weight excluding hydrogens is 396 g/mol. The van der Waals surface area contributed by atoms with Gasteiger partial charge < -0.3 is 9.80 Å². The molecule has 1 aliphatic heterocycles. The van der Waals surface area contributed by atoms with Gasteiger partial charge in [-0.05, 0) is 41.8 Å². The smallest absolute Gasteiger partial charge is 0.223 e. The van der Waals surface area contributed by atoms with Crippen molar-refractivity contribution in [2.75, 3.05) is 31.1 Å². The van der Waals surface area contributed by atoms with Gasteiger partial charge in [-0.25, -0.2) is 9.97 Å². The van der Waals surface area contributed by atoms with E-state index < -0.39 is 0 Å². The van der Waals surface area contributed by atoms with Gasteiger partial charge in [0.15, 0.2) is 5.82 Å². The van der Waals surface area contributed by atoms with Crippen molar-refractivity contribution in [1.82, 2.24) is 14.9 Å². The number of nitrogens with zero attached hydrogens (tertiary/aromatic N) is 4. The molecule has 0 radical (unpaired) electrons. The highest BCUT2D eigenvalue weighted by Gasteiger charge is 2.26. The summed E-state index contributed by atoms with van der Waals surface area (Å²) >= 11 is 6.05. The minimum Gasteiger partial charge on any atom is -0.352 e. The molecule has 0 spiro atoms. The number of para-hydroxylation sites is 1. The number of piperazine rings is 1. The first-order valence-corrected chi connectivity index (χ1v) is 10.7. The summed E-state index contributed by atoms with van der Waals surface area (Å²) in [5.41, 5.74) is 1.86. The minimum atomic E-state index is 0.00452. The maximum absolute atomic E-state index is 12.6. The van der Waals surface area contributed by atoms with E-state index in [-0.39, 0.29) is 11.3 Å². The summed E-state index contributed by atoms with van der Waals surface area (Å²) in [4.78, 5) is 26.5. The van der Waals surface area contributed by atoms with Gasteiger partial charge in [0.25, 0.3) is 0 Å². The lowest BCUT2D eigenvalue weighted by Gasteiger charge is -2.37. The Morgan fingerprint density at radius 1 is 0.967 bits per heavy atom. The van der Waals surface area contributed by atoms with Gasteiger partial charge >= 0.3 is 0 Å². The Bertz CT molecular complexity index is 1050. The SMILES string of the molecule is CC(C)(C)CC(=O)N1CCN(c2nc(-c3ccc(Cl)cc3)nc3ccccc23)CC1. The molecule has 0 aliphatic carbocycles. The van der Waals surface area contributed by atoms with E-state index in [1.807, 2.05) is 47.4 Å². The zero-order valence-electron chi connectivity index (χ0n) is 17.7. The molecular formula is C24H27ClN4O. The first kappa shape index (κ1) is 20.6. The van der Waals surface area contributed by atoms with Crippen LogP contribution in [-0.4, -0.2) is 47.0 Å². The Balaban J connectivity index is 1.61. The molecule has 156 valence electrons. The number of aromatic nitrogens is 2. The Kier molecular flexibility index (Phi) is 5.65. The number of amides is 1. The first-order chi connectivity index (χ1) is 14.3.